The molecule has 0 saturated carbocycles. The van der Waals surface area contributed by atoms with Crippen LogP contribution in [0.5, 0.6) is 11.5 Å². The number of hydrogen-bond acceptors (Lipinski definition) is 5. The van der Waals surface area contributed by atoms with Gasteiger partial charge in [0.15, 0.2) is 0 Å². The number of carbonyl (C=O) groups excluding carboxylic acids is 1. The summed E-state index contributed by atoms with van der Waals surface area (Å²) in [7, 11) is 2.97. The maximum atomic E-state index is 12.3. The number of anilines is 1. The van der Waals surface area contributed by atoms with Gasteiger partial charge < -0.3 is 19.5 Å². The number of hydrogen-bond donors (Lipinski definition) is 2. The average Bonchev–Trinajstić information content (AvgIpc) is 2.50. The number of carboxylic acids is 1. The quantitative estimate of drug-likeness (QED) is 0.749. The zero-order valence-corrected chi connectivity index (χ0v) is 13.1. The number of amides is 1. The van der Waals surface area contributed by atoms with E-state index in [9.17, 15) is 9.59 Å². The van der Waals surface area contributed by atoms with Crippen LogP contribution in [0.4, 0.5) is 5.69 Å². The van der Waals surface area contributed by atoms with E-state index in [1.807, 2.05) is 0 Å². The minimum Gasteiger partial charge on any atom is -0.497 e. The van der Waals surface area contributed by atoms with E-state index in [1.165, 1.54) is 19.1 Å². The van der Waals surface area contributed by atoms with Crippen molar-refractivity contribution in [2.75, 3.05) is 31.4 Å². The van der Waals surface area contributed by atoms with E-state index >= 15 is 0 Å². The molecule has 6 nitrogen and oxygen atoms in total. The largest absolute Gasteiger partial charge is 0.497 e. The summed E-state index contributed by atoms with van der Waals surface area (Å²) in [6, 6.07) is 4.83. The highest BCUT2D eigenvalue weighted by Gasteiger charge is 2.24. The molecule has 0 spiro atoms. The van der Waals surface area contributed by atoms with Gasteiger partial charge in [-0.15, -0.1) is 0 Å². The third-order valence-corrected chi connectivity index (χ3v) is 3.45. The molecule has 116 valence electrons. The number of rotatable bonds is 7. The molecule has 0 aliphatic rings. The lowest BCUT2D eigenvalue weighted by Crippen LogP contribution is -2.39. The number of carboxylic acid groups (broad SMARTS) is 1. The summed E-state index contributed by atoms with van der Waals surface area (Å²) in [6.07, 6.45) is 0. The first-order valence-electron chi connectivity index (χ1n) is 6.30. The summed E-state index contributed by atoms with van der Waals surface area (Å²) in [5.74, 6) is -0.531. The zero-order valence-electron chi connectivity index (χ0n) is 12.2. The van der Waals surface area contributed by atoms with Crippen molar-refractivity contribution in [1.29, 1.82) is 0 Å². The highest BCUT2D eigenvalue weighted by molar-refractivity contribution is 7.80. The van der Waals surface area contributed by atoms with E-state index in [2.05, 4.69) is 12.6 Å². The van der Waals surface area contributed by atoms with Crippen LogP contribution in [0.1, 0.15) is 6.92 Å². The Kier molecular flexibility index (Phi) is 6.36. The number of benzene rings is 1. The van der Waals surface area contributed by atoms with Gasteiger partial charge in [0.05, 0.1) is 19.9 Å². The third-order valence-electron chi connectivity index (χ3n) is 2.90. The monoisotopic (exact) mass is 313 g/mol. The SMILES string of the molecule is COc1cc(OC)cc(N(CC(=O)O)C(=O)[C@H](C)CS)c1. The van der Waals surface area contributed by atoms with Crippen LogP contribution in [0.3, 0.4) is 0 Å². The second-order valence-corrected chi connectivity index (χ2v) is 4.84. The number of aliphatic carboxylic acids is 1. The molecule has 0 aromatic heterocycles. The molecule has 0 aliphatic carbocycles. The summed E-state index contributed by atoms with van der Waals surface area (Å²) in [6.45, 7) is 1.26. The van der Waals surface area contributed by atoms with E-state index in [-0.39, 0.29) is 5.91 Å². The number of carbonyl (C=O) groups is 2. The van der Waals surface area contributed by atoms with Gasteiger partial charge in [0.2, 0.25) is 5.91 Å². The Bertz CT molecular complexity index is 498. The first-order chi connectivity index (χ1) is 9.92. The minimum absolute atomic E-state index is 0.317. The molecular formula is C14H19NO5S. The van der Waals surface area contributed by atoms with E-state index in [0.29, 0.717) is 22.9 Å². The Balaban J connectivity index is 3.24. The highest BCUT2D eigenvalue weighted by Crippen LogP contribution is 2.29. The Morgan fingerprint density at radius 3 is 2.14 bits per heavy atom. The Hall–Kier alpha value is -1.89. The first kappa shape index (κ1) is 17.2. The Morgan fingerprint density at radius 2 is 1.76 bits per heavy atom. The van der Waals surface area contributed by atoms with E-state index in [1.54, 1.807) is 25.1 Å². The molecule has 0 unspecified atom stereocenters. The lowest BCUT2D eigenvalue weighted by Gasteiger charge is -2.24. The molecule has 1 rings (SSSR count). The topological polar surface area (TPSA) is 76.1 Å². The second-order valence-electron chi connectivity index (χ2n) is 4.47. The Labute approximate surface area is 129 Å². The van der Waals surface area contributed by atoms with Gasteiger partial charge >= 0.3 is 5.97 Å². The molecule has 21 heavy (non-hydrogen) atoms. The van der Waals surface area contributed by atoms with Crippen LogP contribution in [0.2, 0.25) is 0 Å². The fourth-order valence-electron chi connectivity index (χ4n) is 1.72. The fourth-order valence-corrected chi connectivity index (χ4v) is 1.88. The van der Waals surface area contributed by atoms with Crippen LogP contribution in [0.25, 0.3) is 0 Å². The van der Waals surface area contributed by atoms with Crippen molar-refractivity contribution >= 4 is 30.2 Å². The fraction of sp³-hybridized carbons (Fsp3) is 0.429. The third kappa shape index (κ3) is 4.56. The zero-order chi connectivity index (χ0) is 16.0. The van der Waals surface area contributed by atoms with Gasteiger partial charge in [0, 0.05) is 29.9 Å². The Morgan fingerprint density at radius 1 is 1.24 bits per heavy atom. The minimum atomic E-state index is -1.10. The first-order valence-corrected chi connectivity index (χ1v) is 6.93. The molecule has 1 aromatic rings. The molecule has 0 heterocycles. The van der Waals surface area contributed by atoms with E-state index in [4.69, 9.17) is 14.6 Å². The molecule has 1 N–H and O–H groups in total. The molecule has 0 bridgehead atoms. The van der Waals surface area contributed by atoms with Crippen LogP contribution in [-0.4, -0.2) is 43.5 Å². The van der Waals surface area contributed by atoms with Crippen molar-refractivity contribution in [1.82, 2.24) is 0 Å². The smallest absolute Gasteiger partial charge is 0.323 e. The average molecular weight is 313 g/mol. The lowest BCUT2D eigenvalue weighted by molar-refractivity contribution is -0.137. The molecule has 1 atom stereocenters. The van der Waals surface area contributed by atoms with Crippen LogP contribution in [0, 0.1) is 5.92 Å². The predicted molar refractivity (Wildman–Crippen MR) is 82.6 cm³/mol. The van der Waals surface area contributed by atoms with Gasteiger partial charge in [0.1, 0.15) is 18.0 Å². The van der Waals surface area contributed by atoms with Gasteiger partial charge in [-0.2, -0.15) is 12.6 Å². The summed E-state index contributed by atoms with van der Waals surface area (Å²) in [5, 5.41) is 9.03. The molecule has 0 radical (unpaired) electrons. The summed E-state index contributed by atoms with van der Waals surface area (Å²) >= 11 is 4.09. The van der Waals surface area contributed by atoms with Crippen molar-refractivity contribution in [3.05, 3.63) is 18.2 Å². The molecule has 1 amide bonds. The maximum absolute atomic E-state index is 12.3. The van der Waals surface area contributed by atoms with Crippen molar-refractivity contribution in [2.45, 2.75) is 6.92 Å². The highest BCUT2D eigenvalue weighted by atomic mass is 32.1. The normalized spacial score (nSPS) is 11.6. The van der Waals surface area contributed by atoms with Gasteiger partial charge in [0.25, 0.3) is 0 Å². The maximum Gasteiger partial charge on any atom is 0.323 e. The standard InChI is InChI=1S/C14H19NO5S/c1-9(8-21)14(18)15(7-13(16)17)10-4-11(19-2)6-12(5-10)20-3/h4-6,9,21H,7-8H2,1-3H3,(H,16,17)/t9-/m1/s1. The van der Waals surface area contributed by atoms with E-state index < -0.39 is 18.4 Å². The number of thiol groups is 1. The van der Waals surface area contributed by atoms with Gasteiger partial charge in [-0.25, -0.2) is 0 Å². The molecule has 0 fully saturated rings. The summed E-state index contributed by atoms with van der Waals surface area (Å²) in [5.41, 5.74) is 0.409. The molecule has 1 aromatic carbocycles. The second kappa shape index (κ2) is 7.78. The van der Waals surface area contributed by atoms with Crippen molar-refractivity contribution in [2.24, 2.45) is 5.92 Å². The number of ether oxygens (including phenoxy) is 2. The van der Waals surface area contributed by atoms with Crippen LogP contribution in [-0.2, 0) is 9.59 Å². The van der Waals surface area contributed by atoms with Gasteiger partial charge in [-0.3, -0.25) is 9.59 Å². The van der Waals surface area contributed by atoms with Crippen LogP contribution >= 0.6 is 12.6 Å². The van der Waals surface area contributed by atoms with Gasteiger partial charge in [-0.1, -0.05) is 6.92 Å². The number of nitrogens with zero attached hydrogens (tertiary/aromatic N) is 1. The molecule has 0 aliphatic heterocycles. The van der Waals surface area contributed by atoms with Crippen molar-refractivity contribution in [3.63, 3.8) is 0 Å². The molecule has 0 saturated heterocycles. The number of methoxy groups -OCH3 is 2. The van der Waals surface area contributed by atoms with Crippen LogP contribution in [0.15, 0.2) is 18.2 Å². The van der Waals surface area contributed by atoms with Crippen molar-refractivity contribution in [3.8, 4) is 11.5 Å². The summed E-state index contributed by atoms with van der Waals surface area (Å²) < 4.78 is 10.3. The molecule has 7 heteroatoms. The lowest BCUT2D eigenvalue weighted by atomic mass is 10.1. The molecular weight excluding hydrogens is 294 g/mol. The van der Waals surface area contributed by atoms with Crippen molar-refractivity contribution < 1.29 is 24.2 Å². The van der Waals surface area contributed by atoms with Gasteiger partial charge in [-0.05, 0) is 0 Å². The van der Waals surface area contributed by atoms with E-state index in [0.717, 1.165) is 0 Å². The predicted octanol–water partition coefficient (Wildman–Crippen LogP) is 1.69. The van der Waals surface area contributed by atoms with Crippen LogP contribution < -0.4 is 14.4 Å². The summed E-state index contributed by atoms with van der Waals surface area (Å²) in [4.78, 5) is 24.6.